The van der Waals surface area contributed by atoms with Crippen LogP contribution in [-0.2, 0) is 6.42 Å². The Morgan fingerprint density at radius 3 is 3.00 bits per heavy atom. The highest BCUT2D eigenvalue weighted by Gasteiger charge is 2.14. The van der Waals surface area contributed by atoms with Gasteiger partial charge in [0.15, 0.2) is 0 Å². The van der Waals surface area contributed by atoms with E-state index >= 15 is 0 Å². The number of nitrogens with one attached hydrogen (secondary N) is 1. The average molecular weight is 204 g/mol. The molecule has 0 aliphatic carbocycles. The minimum Gasteiger partial charge on any atom is -0.314 e. The van der Waals surface area contributed by atoms with E-state index < -0.39 is 0 Å². The highest BCUT2D eigenvalue weighted by Crippen LogP contribution is 2.17. The van der Waals surface area contributed by atoms with Crippen LogP contribution in [0.1, 0.15) is 43.7 Å². The van der Waals surface area contributed by atoms with Crippen LogP contribution in [0.4, 0.5) is 0 Å². The van der Waals surface area contributed by atoms with Crippen molar-refractivity contribution in [2.24, 2.45) is 0 Å². The van der Waals surface area contributed by atoms with E-state index in [9.17, 15) is 0 Å². The first kappa shape index (κ1) is 10.6. The summed E-state index contributed by atoms with van der Waals surface area (Å²) >= 11 is 0. The molecule has 1 aliphatic heterocycles. The molecule has 2 heterocycles. The molecule has 1 atom stereocenters. The van der Waals surface area contributed by atoms with Crippen LogP contribution in [0.3, 0.4) is 0 Å². The topological polar surface area (TPSA) is 24.9 Å². The van der Waals surface area contributed by atoms with E-state index in [4.69, 9.17) is 0 Å². The number of rotatable bonds is 3. The molecule has 1 saturated heterocycles. The molecule has 1 aromatic rings. The molecule has 0 saturated carbocycles. The lowest BCUT2D eigenvalue weighted by Gasteiger charge is -2.11. The lowest BCUT2D eigenvalue weighted by Crippen LogP contribution is -2.23. The molecule has 1 unspecified atom stereocenters. The molecule has 0 radical (unpaired) electrons. The summed E-state index contributed by atoms with van der Waals surface area (Å²) in [4.78, 5) is 4.32. The van der Waals surface area contributed by atoms with Crippen molar-refractivity contribution in [3.8, 4) is 0 Å². The molecule has 82 valence electrons. The molecule has 0 amide bonds. The fraction of sp³-hybridized carbons (Fsp3) is 0.615. The molecular weight excluding hydrogens is 184 g/mol. The van der Waals surface area contributed by atoms with Gasteiger partial charge in [0.05, 0.1) is 0 Å². The van der Waals surface area contributed by atoms with E-state index in [-0.39, 0.29) is 0 Å². The van der Waals surface area contributed by atoms with Crippen molar-refractivity contribution in [1.82, 2.24) is 10.3 Å². The fourth-order valence-corrected chi connectivity index (χ4v) is 2.15. The van der Waals surface area contributed by atoms with Gasteiger partial charge < -0.3 is 5.32 Å². The van der Waals surface area contributed by atoms with Crippen LogP contribution in [0.25, 0.3) is 0 Å². The van der Waals surface area contributed by atoms with Crippen molar-refractivity contribution in [2.75, 3.05) is 6.54 Å². The van der Waals surface area contributed by atoms with Crippen LogP contribution in [0.15, 0.2) is 18.5 Å². The van der Waals surface area contributed by atoms with Gasteiger partial charge in [0.25, 0.3) is 0 Å². The third-order valence-corrected chi connectivity index (χ3v) is 3.13. The summed E-state index contributed by atoms with van der Waals surface area (Å²) in [6.07, 6.45) is 7.75. The second-order valence-corrected chi connectivity index (χ2v) is 4.78. The molecule has 2 rings (SSSR count). The number of hydrogen-bond acceptors (Lipinski definition) is 2. The summed E-state index contributed by atoms with van der Waals surface area (Å²) in [6, 6.07) is 2.98. The first-order chi connectivity index (χ1) is 7.25. The van der Waals surface area contributed by atoms with E-state index in [0.29, 0.717) is 12.0 Å². The Labute approximate surface area is 92.1 Å². The normalized spacial score (nSPS) is 21.1. The minimum absolute atomic E-state index is 0.578. The molecule has 2 nitrogen and oxygen atoms in total. The molecule has 2 heteroatoms. The van der Waals surface area contributed by atoms with Gasteiger partial charge in [0, 0.05) is 18.4 Å². The first-order valence-electron chi connectivity index (χ1n) is 5.93. The van der Waals surface area contributed by atoms with E-state index in [1.807, 2.05) is 12.4 Å². The van der Waals surface area contributed by atoms with Gasteiger partial charge in [0.1, 0.15) is 0 Å². The second-order valence-electron chi connectivity index (χ2n) is 4.78. The largest absolute Gasteiger partial charge is 0.314 e. The lowest BCUT2D eigenvalue weighted by atomic mass is 10.0. The quantitative estimate of drug-likeness (QED) is 0.818. The van der Waals surface area contributed by atoms with E-state index in [2.05, 4.69) is 30.2 Å². The SMILES string of the molecule is CC(C)c1cncc(CC2CCCN2)c1. The van der Waals surface area contributed by atoms with E-state index in [0.717, 1.165) is 6.42 Å². The molecule has 0 aromatic carbocycles. The van der Waals surface area contributed by atoms with Crippen molar-refractivity contribution in [1.29, 1.82) is 0 Å². The van der Waals surface area contributed by atoms with Gasteiger partial charge in [0.2, 0.25) is 0 Å². The van der Waals surface area contributed by atoms with Crippen LogP contribution >= 0.6 is 0 Å². The molecule has 15 heavy (non-hydrogen) atoms. The van der Waals surface area contributed by atoms with E-state index in [1.165, 1.54) is 30.5 Å². The average Bonchev–Trinajstić information content (AvgIpc) is 2.71. The van der Waals surface area contributed by atoms with Crippen LogP contribution in [-0.4, -0.2) is 17.6 Å². The Morgan fingerprint density at radius 2 is 2.33 bits per heavy atom. The molecule has 1 fully saturated rings. The smallest absolute Gasteiger partial charge is 0.0302 e. The summed E-state index contributed by atoms with van der Waals surface area (Å²) in [6.45, 7) is 5.62. The Hall–Kier alpha value is -0.890. The van der Waals surface area contributed by atoms with Crippen LogP contribution in [0.5, 0.6) is 0 Å². The summed E-state index contributed by atoms with van der Waals surface area (Å²) in [5, 5.41) is 3.53. The van der Waals surface area contributed by atoms with Crippen molar-refractivity contribution in [3.63, 3.8) is 0 Å². The minimum atomic E-state index is 0.578. The summed E-state index contributed by atoms with van der Waals surface area (Å²) in [7, 11) is 0. The van der Waals surface area contributed by atoms with Crippen molar-refractivity contribution >= 4 is 0 Å². The fourth-order valence-electron chi connectivity index (χ4n) is 2.15. The van der Waals surface area contributed by atoms with Gasteiger partial charge >= 0.3 is 0 Å². The molecule has 1 aromatic heterocycles. The zero-order valence-electron chi connectivity index (χ0n) is 9.66. The maximum atomic E-state index is 4.32. The number of pyridine rings is 1. The highest BCUT2D eigenvalue weighted by molar-refractivity contribution is 5.21. The number of aromatic nitrogens is 1. The highest BCUT2D eigenvalue weighted by atomic mass is 14.9. The Morgan fingerprint density at radius 1 is 1.47 bits per heavy atom. The van der Waals surface area contributed by atoms with Crippen molar-refractivity contribution in [3.05, 3.63) is 29.6 Å². The third kappa shape index (κ3) is 2.78. The van der Waals surface area contributed by atoms with Crippen molar-refractivity contribution in [2.45, 2.75) is 45.1 Å². The summed E-state index contributed by atoms with van der Waals surface area (Å²) in [5.41, 5.74) is 2.73. The van der Waals surface area contributed by atoms with Crippen LogP contribution < -0.4 is 5.32 Å². The van der Waals surface area contributed by atoms with Gasteiger partial charge in [-0.25, -0.2) is 0 Å². The van der Waals surface area contributed by atoms with Gasteiger partial charge in [-0.1, -0.05) is 19.9 Å². The van der Waals surface area contributed by atoms with Crippen LogP contribution in [0.2, 0.25) is 0 Å². The van der Waals surface area contributed by atoms with Gasteiger partial charge in [-0.2, -0.15) is 0 Å². The monoisotopic (exact) mass is 204 g/mol. The summed E-state index contributed by atoms with van der Waals surface area (Å²) in [5.74, 6) is 0.578. The van der Waals surface area contributed by atoms with Crippen molar-refractivity contribution < 1.29 is 0 Å². The number of hydrogen-bond donors (Lipinski definition) is 1. The van der Waals surface area contributed by atoms with E-state index in [1.54, 1.807) is 0 Å². The van der Waals surface area contributed by atoms with Crippen LogP contribution in [0, 0.1) is 0 Å². The van der Waals surface area contributed by atoms with Gasteiger partial charge in [-0.15, -0.1) is 0 Å². The lowest BCUT2D eigenvalue weighted by molar-refractivity contribution is 0.601. The predicted octanol–water partition coefficient (Wildman–Crippen LogP) is 2.50. The molecular formula is C13H20N2. The van der Waals surface area contributed by atoms with Gasteiger partial charge in [-0.05, 0) is 42.9 Å². The maximum Gasteiger partial charge on any atom is 0.0302 e. The first-order valence-corrected chi connectivity index (χ1v) is 5.93. The molecule has 0 spiro atoms. The zero-order valence-corrected chi connectivity index (χ0v) is 9.66. The Bertz CT molecular complexity index is 314. The molecule has 1 N–H and O–H groups in total. The van der Waals surface area contributed by atoms with Gasteiger partial charge in [-0.3, -0.25) is 4.98 Å². The molecule has 1 aliphatic rings. The Kier molecular flexibility index (Phi) is 3.37. The number of nitrogens with zero attached hydrogens (tertiary/aromatic N) is 1. The maximum absolute atomic E-state index is 4.32. The molecule has 0 bridgehead atoms. The standard InChI is InChI=1S/C13H20N2/c1-10(2)12-6-11(8-14-9-12)7-13-4-3-5-15-13/h6,8-10,13,15H,3-5,7H2,1-2H3. The Balaban J connectivity index is 2.04. The zero-order chi connectivity index (χ0) is 10.7. The predicted molar refractivity (Wildman–Crippen MR) is 63.1 cm³/mol. The third-order valence-electron chi connectivity index (χ3n) is 3.13. The second kappa shape index (κ2) is 4.75. The summed E-state index contributed by atoms with van der Waals surface area (Å²) < 4.78 is 0.